The molecular weight excluding hydrogens is 246 g/mol. The molecule has 0 amide bonds. The molecule has 0 bridgehead atoms. The van der Waals surface area contributed by atoms with Gasteiger partial charge >= 0.3 is 0 Å². The maximum absolute atomic E-state index is 5.88. The Bertz CT molecular complexity index is 400. The Morgan fingerprint density at radius 2 is 2.39 bits per heavy atom. The van der Waals surface area contributed by atoms with Crippen LogP contribution in [0.25, 0.3) is 0 Å². The molecule has 4 nitrogen and oxygen atoms in total. The molecule has 100 valence electrons. The standard InChI is InChI=1S/C13H21N3OS/c1-3-7-17-13-11(14)4-5-12(15-13)16-6-8-18-10(2)9-16/h4-5,10H,3,6-9,14H2,1-2H3. The Hall–Kier alpha value is -1.10. The lowest BCUT2D eigenvalue weighted by Crippen LogP contribution is -2.37. The number of hydrogen-bond acceptors (Lipinski definition) is 5. The first-order valence-electron chi connectivity index (χ1n) is 6.46. The van der Waals surface area contributed by atoms with E-state index >= 15 is 0 Å². The van der Waals surface area contributed by atoms with Gasteiger partial charge in [0.05, 0.1) is 12.3 Å². The third-order valence-corrected chi connectivity index (χ3v) is 4.02. The number of nitrogens with zero attached hydrogens (tertiary/aromatic N) is 2. The number of nitrogens with two attached hydrogens (primary N) is 1. The smallest absolute Gasteiger partial charge is 0.239 e. The highest BCUT2D eigenvalue weighted by Gasteiger charge is 2.18. The SMILES string of the molecule is CCCOc1nc(N2CCSC(C)C2)ccc1N. The zero-order valence-corrected chi connectivity index (χ0v) is 11.9. The van der Waals surface area contributed by atoms with Gasteiger partial charge in [-0.2, -0.15) is 16.7 Å². The lowest BCUT2D eigenvalue weighted by Gasteiger charge is -2.31. The first-order chi connectivity index (χ1) is 8.70. The van der Waals surface area contributed by atoms with Gasteiger partial charge in [0.25, 0.3) is 0 Å². The van der Waals surface area contributed by atoms with E-state index in [1.165, 1.54) is 0 Å². The van der Waals surface area contributed by atoms with Gasteiger partial charge in [-0.3, -0.25) is 0 Å². The minimum Gasteiger partial charge on any atom is -0.476 e. The molecule has 0 radical (unpaired) electrons. The minimum absolute atomic E-state index is 0.570. The highest BCUT2D eigenvalue weighted by molar-refractivity contribution is 8.00. The van der Waals surface area contributed by atoms with Gasteiger partial charge in [0.15, 0.2) is 0 Å². The molecule has 2 N–H and O–H groups in total. The molecule has 2 rings (SSSR count). The zero-order valence-electron chi connectivity index (χ0n) is 11.1. The van der Waals surface area contributed by atoms with Crippen LogP contribution in [0.15, 0.2) is 12.1 Å². The van der Waals surface area contributed by atoms with Gasteiger partial charge in [-0.25, -0.2) is 0 Å². The van der Waals surface area contributed by atoms with Crippen molar-refractivity contribution in [2.75, 3.05) is 36.1 Å². The van der Waals surface area contributed by atoms with E-state index in [-0.39, 0.29) is 0 Å². The van der Waals surface area contributed by atoms with E-state index < -0.39 is 0 Å². The van der Waals surface area contributed by atoms with Crippen molar-refractivity contribution in [2.45, 2.75) is 25.5 Å². The van der Waals surface area contributed by atoms with Crippen molar-refractivity contribution >= 4 is 23.3 Å². The number of hydrogen-bond donors (Lipinski definition) is 1. The summed E-state index contributed by atoms with van der Waals surface area (Å²) >= 11 is 2.01. The number of ether oxygens (including phenoxy) is 1. The molecular formula is C13H21N3OS. The monoisotopic (exact) mass is 267 g/mol. The van der Waals surface area contributed by atoms with Crippen LogP contribution in [0.2, 0.25) is 0 Å². The second kappa shape index (κ2) is 6.18. The highest BCUT2D eigenvalue weighted by Crippen LogP contribution is 2.27. The van der Waals surface area contributed by atoms with Crippen molar-refractivity contribution in [3.05, 3.63) is 12.1 Å². The average Bonchev–Trinajstić information content (AvgIpc) is 2.38. The van der Waals surface area contributed by atoms with Crippen LogP contribution < -0.4 is 15.4 Å². The molecule has 0 spiro atoms. The van der Waals surface area contributed by atoms with Gasteiger partial charge in [0, 0.05) is 24.1 Å². The molecule has 1 aliphatic heterocycles. The summed E-state index contributed by atoms with van der Waals surface area (Å²) in [5.74, 6) is 2.70. The van der Waals surface area contributed by atoms with Crippen LogP contribution >= 0.6 is 11.8 Å². The summed E-state index contributed by atoms with van der Waals surface area (Å²) in [6.45, 7) is 7.06. The third kappa shape index (κ3) is 3.22. The van der Waals surface area contributed by atoms with Crippen molar-refractivity contribution in [1.29, 1.82) is 0 Å². The van der Waals surface area contributed by atoms with Gasteiger partial charge < -0.3 is 15.4 Å². The summed E-state index contributed by atoms with van der Waals surface area (Å²) in [4.78, 5) is 6.84. The number of pyridine rings is 1. The second-order valence-electron chi connectivity index (χ2n) is 4.54. The Morgan fingerprint density at radius 1 is 1.56 bits per heavy atom. The number of thioether (sulfide) groups is 1. The Balaban J connectivity index is 2.12. The van der Waals surface area contributed by atoms with E-state index in [0.717, 1.165) is 31.1 Å². The number of nitrogen functional groups attached to an aromatic ring is 1. The molecule has 1 aromatic heterocycles. The van der Waals surface area contributed by atoms with Gasteiger partial charge in [-0.05, 0) is 18.6 Å². The number of aromatic nitrogens is 1. The lowest BCUT2D eigenvalue weighted by molar-refractivity contribution is 0.307. The predicted molar refractivity (Wildman–Crippen MR) is 78.6 cm³/mol. The summed E-state index contributed by atoms with van der Waals surface area (Å²) in [5.41, 5.74) is 6.49. The van der Waals surface area contributed by atoms with Crippen LogP contribution in [-0.4, -0.2) is 35.7 Å². The topological polar surface area (TPSA) is 51.4 Å². The Kier molecular flexibility index (Phi) is 4.58. The zero-order chi connectivity index (χ0) is 13.0. The van der Waals surface area contributed by atoms with Gasteiger partial charge in [0.1, 0.15) is 5.82 Å². The normalized spacial score (nSPS) is 19.9. The van der Waals surface area contributed by atoms with E-state index in [1.54, 1.807) is 0 Å². The molecule has 0 aliphatic carbocycles. The van der Waals surface area contributed by atoms with Crippen molar-refractivity contribution < 1.29 is 4.74 Å². The molecule has 1 aliphatic rings. The van der Waals surface area contributed by atoms with Crippen molar-refractivity contribution in [3.63, 3.8) is 0 Å². The van der Waals surface area contributed by atoms with Gasteiger partial charge in [-0.1, -0.05) is 13.8 Å². The quantitative estimate of drug-likeness (QED) is 0.908. The van der Waals surface area contributed by atoms with Crippen molar-refractivity contribution in [2.24, 2.45) is 0 Å². The second-order valence-corrected chi connectivity index (χ2v) is 6.09. The van der Waals surface area contributed by atoms with E-state index in [9.17, 15) is 0 Å². The van der Waals surface area contributed by atoms with Crippen LogP contribution in [0.3, 0.4) is 0 Å². The number of anilines is 2. The molecule has 5 heteroatoms. The molecule has 1 atom stereocenters. The van der Waals surface area contributed by atoms with Gasteiger partial charge in [0.2, 0.25) is 5.88 Å². The van der Waals surface area contributed by atoms with Crippen LogP contribution in [-0.2, 0) is 0 Å². The molecule has 1 fully saturated rings. The van der Waals surface area contributed by atoms with E-state index in [0.29, 0.717) is 23.4 Å². The first-order valence-corrected chi connectivity index (χ1v) is 7.51. The minimum atomic E-state index is 0.570. The van der Waals surface area contributed by atoms with Crippen LogP contribution in [0, 0.1) is 0 Å². The number of rotatable bonds is 4. The molecule has 18 heavy (non-hydrogen) atoms. The third-order valence-electron chi connectivity index (χ3n) is 2.88. The fraction of sp³-hybridized carbons (Fsp3) is 0.615. The summed E-state index contributed by atoms with van der Waals surface area (Å²) in [5, 5.41) is 0.651. The first kappa shape index (κ1) is 13.3. The van der Waals surface area contributed by atoms with Crippen molar-refractivity contribution in [1.82, 2.24) is 4.98 Å². The average molecular weight is 267 g/mol. The van der Waals surface area contributed by atoms with Crippen LogP contribution in [0.1, 0.15) is 20.3 Å². The fourth-order valence-electron chi connectivity index (χ4n) is 1.96. The maximum Gasteiger partial charge on any atom is 0.239 e. The molecule has 1 aromatic rings. The summed E-state index contributed by atoms with van der Waals surface area (Å²) in [6.07, 6.45) is 0.961. The molecule has 0 saturated carbocycles. The van der Waals surface area contributed by atoms with Crippen LogP contribution in [0.5, 0.6) is 5.88 Å². The summed E-state index contributed by atoms with van der Waals surface area (Å²) < 4.78 is 5.58. The van der Waals surface area contributed by atoms with E-state index in [1.807, 2.05) is 23.9 Å². The maximum atomic E-state index is 5.88. The van der Waals surface area contributed by atoms with Gasteiger partial charge in [-0.15, -0.1) is 0 Å². The fourth-order valence-corrected chi connectivity index (χ4v) is 2.97. The lowest BCUT2D eigenvalue weighted by atomic mass is 10.3. The molecule has 1 saturated heterocycles. The largest absolute Gasteiger partial charge is 0.476 e. The Morgan fingerprint density at radius 3 is 3.11 bits per heavy atom. The highest BCUT2D eigenvalue weighted by atomic mass is 32.2. The summed E-state index contributed by atoms with van der Waals surface area (Å²) in [7, 11) is 0. The molecule has 0 aromatic carbocycles. The van der Waals surface area contributed by atoms with E-state index in [4.69, 9.17) is 10.5 Å². The predicted octanol–water partition coefficient (Wildman–Crippen LogP) is 2.39. The van der Waals surface area contributed by atoms with Crippen molar-refractivity contribution in [3.8, 4) is 5.88 Å². The molecule has 2 heterocycles. The van der Waals surface area contributed by atoms with E-state index in [2.05, 4.69) is 23.7 Å². The molecule has 1 unspecified atom stereocenters. The summed E-state index contributed by atoms with van der Waals surface area (Å²) in [6, 6.07) is 3.87. The van der Waals surface area contributed by atoms with Crippen LogP contribution in [0.4, 0.5) is 11.5 Å². The Labute approximate surface area is 113 Å².